The third kappa shape index (κ3) is 3.49. The van der Waals surface area contributed by atoms with Crippen molar-refractivity contribution >= 4 is 45.6 Å². The van der Waals surface area contributed by atoms with Crippen molar-refractivity contribution in [2.45, 2.75) is 26.8 Å². The van der Waals surface area contributed by atoms with Crippen molar-refractivity contribution in [1.29, 1.82) is 0 Å². The molecular weight excluding hydrogens is 448 g/mol. The number of halogens is 1. The number of nitrogens with one attached hydrogen (secondary N) is 1. The molecule has 0 bridgehead atoms. The van der Waals surface area contributed by atoms with E-state index in [2.05, 4.69) is 4.98 Å². The van der Waals surface area contributed by atoms with Crippen molar-refractivity contribution in [2.75, 3.05) is 4.90 Å². The van der Waals surface area contributed by atoms with E-state index in [1.165, 1.54) is 4.90 Å². The lowest BCUT2D eigenvalue weighted by atomic mass is 9.93. The van der Waals surface area contributed by atoms with Gasteiger partial charge in [0.25, 0.3) is 11.7 Å². The standard InChI is InChI=1S/C28H23ClN2O3/c1-15-11-16(2)13-20(12-15)31-25(23-17(3)30-22-10-5-4-9-21(22)23)24(27(33)28(31)34)26(32)18-7-6-8-19(29)14-18/h4-14,25,30,32H,1-3H3/b26-24+. The lowest BCUT2D eigenvalue weighted by Crippen LogP contribution is -2.29. The zero-order valence-electron chi connectivity index (χ0n) is 19.0. The molecule has 5 rings (SSSR count). The SMILES string of the molecule is Cc1cc(C)cc(N2C(=O)C(=O)/C(=C(/O)c3cccc(Cl)c3)C2c2c(C)[nH]c3ccccc23)c1. The Morgan fingerprint density at radius 2 is 1.65 bits per heavy atom. The van der Waals surface area contributed by atoms with E-state index in [0.29, 0.717) is 16.3 Å². The minimum atomic E-state index is -0.809. The maximum Gasteiger partial charge on any atom is 0.300 e. The number of aryl methyl sites for hydroxylation is 3. The lowest BCUT2D eigenvalue weighted by molar-refractivity contribution is -0.132. The molecule has 5 nitrogen and oxygen atoms in total. The number of hydrogen-bond acceptors (Lipinski definition) is 3. The fraction of sp³-hybridized carbons (Fsp3) is 0.143. The number of H-pyrrole nitrogens is 1. The van der Waals surface area contributed by atoms with E-state index in [4.69, 9.17) is 11.6 Å². The van der Waals surface area contributed by atoms with Crippen LogP contribution in [0.2, 0.25) is 5.02 Å². The van der Waals surface area contributed by atoms with Crippen LogP contribution in [-0.4, -0.2) is 21.8 Å². The number of nitrogens with zero attached hydrogens (tertiary/aromatic N) is 1. The Bertz CT molecular complexity index is 1500. The van der Waals surface area contributed by atoms with Gasteiger partial charge in [0, 0.05) is 38.4 Å². The number of ketones is 1. The van der Waals surface area contributed by atoms with Crippen LogP contribution >= 0.6 is 11.6 Å². The first-order valence-corrected chi connectivity index (χ1v) is 11.4. The number of aromatic nitrogens is 1. The Labute approximate surface area is 202 Å². The first-order valence-electron chi connectivity index (χ1n) is 11.0. The molecule has 1 amide bonds. The van der Waals surface area contributed by atoms with Crippen LogP contribution in [0.25, 0.3) is 16.7 Å². The number of fused-ring (bicyclic) bond motifs is 1. The van der Waals surface area contributed by atoms with Crippen LogP contribution < -0.4 is 4.90 Å². The number of aliphatic hydroxyl groups is 1. The van der Waals surface area contributed by atoms with Crippen LogP contribution in [0.3, 0.4) is 0 Å². The van der Waals surface area contributed by atoms with E-state index in [0.717, 1.165) is 33.3 Å². The van der Waals surface area contributed by atoms with Gasteiger partial charge in [0.15, 0.2) is 0 Å². The predicted octanol–water partition coefficient (Wildman–Crippen LogP) is 6.37. The van der Waals surface area contributed by atoms with E-state index >= 15 is 0 Å². The molecule has 170 valence electrons. The molecule has 0 aliphatic carbocycles. The van der Waals surface area contributed by atoms with E-state index in [9.17, 15) is 14.7 Å². The summed E-state index contributed by atoms with van der Waals surface area (Å²) >= 11 is 6.16. The van der Waals surface area contributed by atoms with Crippen LogP contribution in [0.1, 0.15) is 34.0 Å². The summed E-state index contributed by atoms with van der Waals surface area (Å²) < 4.78 is 0. The molecule has 1 aromatic heterocycles. The van der Waals surface area contributed by atoms with Crippen LogP contribution in [0, 0.1) is 20.8 Å². The number of carbonyl (C=O) groups excluding carboxylic acids is 2. The minimum absolute atomic E-state index is 0.0410. The van der Waals surface area contributed by atoms with Crippen molar-refractivity contribution in [3.8, 4) is 0 Å². The molecule has 4 aromatic rings. The Morgan fingerprint density at radius 1 is 0.941 bits per heavy atom. The molecule has 6 heteroatoms. The summed E-state index contributed by atoms with van der Waals surface area (Å²) in [5.41, 5.74) is 5.47. The highest BCUT2D eigenvalue weighted by Crippen LogP contribution is 2.45. The number of benzene rings is 3. The molecule has 1 saturated heterocycles. The van der Waals surface area contributed by atoms with Crippen molar-refractivity contribution in [3.63, 3.8) is 0 Å². The predicted molar refractivity (Wildman–Crippen MR) is 135 cm³/mol. The van der Waals surface area contributed by atoms with Crippen LogP contribution in [-0.2, 0) is 9.59 Å². The van der Waals surface area contributed by atoms with Gasteiger partial charge in [-0.05, 0) is 62.2 Å². The van der Waals surface area contributed by atoms with E-state index in [1.54, 1.807) is 24.3 Å². The zero-order valence-corrected chi connectivity index (χ0v) is 19.8. The normalized spacial score (nSPS) is 17.6. The van der Waals surface area contributed by atoms with E-state index in [1.807, 2.05) is 63.2 Å². The number of rotatable bonds is 3. The number of Topliss-reactive ketones (excluding diaryl/α,β-unsaturated/α-hetero) is 1. The molecule has 1 aliphatic heterocycles. The Kier molecular flexibility index (Phi) is 5.29. The topological polar surface area (TPSA) is 73.4 Å². The van der Waals surface area contributed by atoms with Gasteiger partial charge in [-0.25, -0.2) is 0 Å². The maximum absolute atomic E-state index is 13.5. The minimum Gasteiger partial charge on any atom is -0.507 e. The summed E-state index contributed by atoms with van der Waals surface area (Å²) in [5.74, 6) is -1.66. The van der Waals surface area contributed by atoms with Gasteiger partial charge in [-0.1, -0.05) is 48.0 Å². The third-order valence-corrected chi connectivity index (χ3v) is 6.48. The summed E-state index contributed by atoms with van der Waals surface area (Å²) in [6, 6.07) is 19.4. The summed E-state index contributed by atoms with van der Waals surface area (Å²) in [7, 11) is 0. The molecule has 2 N–H and O–H groups in total. The number of para-hydroxylation sites is 1. The van der Waals surface area contributed by atoms with Gasteiger partial charge in [0.2, 0.25) is 0 Å². The van der Waals surface area contributed by atoms with Crippen molar-refractivity contribution in [1.82, 2.24) is 4.98 Å². The molecule has 34 heavy (non-hydrogen) atoms. The molecule has 1 aliphatic rings. The van der Waals surface area contributed by atoms with Gasteiger partial charge in [-0.2, -0.15) is 0 Å². The molecule has 0 saturated carbocycles. The van der Waals surface area contributed by atoms with Crippen molar-refractivity contribution in [2.24, 2.45) is 0 Å². The van der Waals surface area contributed by atoms with Gasteiger partial charge >= 0.3 is 0 Å². The Hall–Kier alpha value is -3.83. The number of amides is 1. The van der Waals surface area contributed by atoms with Gasteiger partial charge in [0.05, 0.1) is 11.6 Å². The van der Waals surface area contributed by atoms with Crippen LogP contribution in [0.15, 0.2) is 72.3 Å². The van der Waals surface area contributed by atoms with Gasteiger partial charge in [-0.15, -0.1) is 0 Å². The fourth-order valence-electron chi connectivity index (χ4n) is 4.90. The molecule has 0 spiro atoms. The summed E-state index contributed by atoms with van der Waals surface area (Å²) in [6.45, 7) is 5.81. The first-order chi connectivity index (χ1) is 16.3. The highest BCUT2D eigenvalue weighted by Gasteiger charge is 2.48. The summed E-state index contributed by atoms with van der Waals surface area (Å²) in [5, 5.41) is 12.7. The second-order valence-corrected chi connectivity index (χ2v) is 9.17. The largest absolute Gasteiger partial charge is 0.507 e. The van der Waals surface area contributed by atoms with Gasteiger partial charge in [-0.3, -0.25) is 14.5 Å². The second kappa shape index (κ2) is 8.19. The Morgan fingerprint density at radius 3 is 2.35 bits per heavy atom. The molecule has 2 heterocycles. The molecule has 3 aromatic carbocycles. The fourth-order valence-corrected chi connectivity index (χ4v) is 5.09. The average molecular weight is 471 g/mol. The van der Waals surface area contributed by atoms with Gasteiger partial charge < -0.3 is 10.1 Å². The van der Waals surface area contributed by atoms with Crippen LogP contribution in [0.5, 0.6) is 0 Å². The van der Waals surface area contributed by atoms with Crippen molar-refractivity contribution < 1.29 is 14.7 Å². The lowest BCUT2D eigenvalue weighted by Gasteiger charge is -2.26. The smallest absolute Gasteiger partial charge is 0.300 e. The summed E-state index contributed by atoms with van der Waals surface area (Å²) in [6.07, 6.45) is 0. The average Bonchev–Trinajstić information content (AvgIpc) is 3.25. The highest BCUT2D eigenvalue weighted by atomic mass is 35.5. The first kappa shape index (κ1) is 22.0. The summed E-state index contributed by atoms with van der Waals surface area (Å²) in [4.78, 5) is 31.8. The Balaban J connectivity index is 1.84. The quantitative estimate of drug-likeness (QED) is 0.207. The monoisotopic (exact) mass is 470 g/mol. The molecule has 1 fully saturated rings. The van der Waals surface area contributed by atoms with E-state index < -0.39 is 17.7 Å². The molecule has 1 unspecified atom stereocenters. The number of anilines is 1. The van der Waals surface area contributed by atoms with Crippen LogP contribution in [0.4, 0.5) is 5.69 Å². The maximum atomic E-state index is 13.5. The number of aromatic amines is 1. The molecular formula is C28H23ClN2O3. The highest BCUT2D eigenvalue weighted by molar-refractivity contribution is 6.52. The second-order valence-electron chi connectivity index (χ2n) is 8.73. The van der Waals surface area contributed by atoms with E-state index in [-0.39, 0.29) is 11.3 Å². The zero-order chi connectivity index (χ0) is 24.1. The number of hydrogen-bond donors (Lipinski definition) is 2. The number of carbonyl (C=O) groups is 2. The molecule has 1 atom stereocenters. The number of aliphatic hydroxyl groups excluding tert-OH is 1. The van der Waals surface area contributed by atoms with Crippen molar-refractivity contribution in [3.05, 3.63) is 105 Å². The van der Waals surface area contributed by atoms with Gasteiger partial charge in [0.1, 0.15) is 5.76 Å². The molecule has 0 radical (unpaired) electrons. The third-order valence-electron chi connectivity index (χ3n) is 6.24.